The molecule has 3 nitrogen and oxygen atoms in total. The Morgan fingerprint density at radius 1 is 1.35 bits per heavy atom. The molecule has 0 spiro atoms. The molecule has 0 saturated heterocycles. The first-order valence-electron chi connectivity index (χ1n) is 5.62. The molecule has 1 aromatic carbocycles. The number of hydrogen-bond donors (Lipinski definition) is 2. The average molecular weight is 255 g/mol. The van der Waals surface area contributed by atoms with Gasteiger partial charge in [-0.25, -0.2) is 4.79 Å². The van der Waals surface area contributed by atoms with E-state index in [-0.39, 0.29) is 17.6 Å². The molecule has 2 N–H and O–H groups in total. The maximum Gasteiger partial charge on any atom is 0.315 e. The number of nitrogens with one attached hydrogen (secondary N) is 2. The Morgan fingerprint density at radius 2 is 2.00 bits per heavy atom. The van der Waals surface area contributed by atoms with E-state index >= 15 is 0 Å². The van der Waals surface area contributed by atoms with Gasteiger partial charge in [0, 0.05) is 10.6 Å². The van der Waals surface area contributed by atoms with Crippen LogP contribution in [-0.2, 0) is 0 Å². The van der Waals surface area contributed by atoms with Crippen LogP contribution in [0.1, 0.15) is 39.3 Å². The summed E-state index contributed by atoms with van der Waals surface area (Å²) in [6.45, 7) is 7.75. The number of amides is 2. The molecular formula is C13H19ClN2O. The highest BCUT2D eigenvalue weighted by molar-refractivity contribution is 6.30. The van der Waals surface area contributed by atoms with Crippen molar-refractivity contribution in [3.8, 4) is 0 Å². The number of carbonyl (C=O) groups excluding carboxylic acids is 1. The molecule has 0 aliphatic rings. The molecule has 0 aliphatic heterocycles. The summed E-state index contributed by atoms with van der Waals surface area (Å²) < 4.78 is 0. The maximum absolute atomic E-state index is 11.7. The molecule has 2 amide bonds. The number of carbonyl (C=O) groups is 1. The van der Waals surface area contributed by atoms with Gasteiger partial charge in [0.2, 0.25) is 0 Å². The smallest absolute Gasteiger partial charge is 0.315 e. The Labute approximate surface area is 108 Å². The van der Waals surface area contributed by atoms with E-state index in [0.29, 0.717) is 5.02 Å². The van der Waals surface area contributed by atoms with Crippen molar-refractivity contribution in [1.29, 1.82) is 0 Å². The Hall–Kier alpha value is -1.22. The lowest BCUT2D eigenvalue weighted by molar-refractivity contribution is 0.229. The van der Waals surface area contributed by atoms with E-state index in [4.69, 9.17) is 11.6 Å². The molecule has 17 heavy (non-hydrogen) atoms. The van der Waals surface area contributed by atoms with Crippen molar-refractivity contribution in [2.45, 2.75) is 39.3 Å². The van der Waals surface area contributed by atoms with Gasteiger partial charge in [-0.1, -0.05) is 23.7 Å². The Morgan fingerprint density at radius 3 is 2.53 bits per heavy atom. The van der Waals surface area contributed by atoms with Gasteiger partial charge in [-0.15, -0.1) is 0 Å². The summed E-state index contributed by atoms with van der Waals surface area (Å²) in [5.41, 5.74) is 0.750. The van der Waals surface area contributed by atoms with E-state index in [0.717, 1.165) is 5.56 Å². The van der Waals surface area contributed by atoms with Gasteiger partial charge in [-0.2, -0.15) is 0 Å². The molecule has 1 aromatic rings. The molecule has 0 fully saturated rings. The lowest BCUT2D eigenvalue weighted by atomic mass is 10.1. The van der Waals surface area contributed by atoms with Crippen LogP contribution in [0, 0.1) is 0 Å². The van der Waals surface area contributed by atoms with Crippen LogP contribution in [-0.4, -0.2) is 11.6 Å². The molecular weight excluding hydrogens is 236 g/mol. The normalized spacial score (nSPS) is 13.0. The molecule has 4 heteroatoms. The Balaban J connectivity index is 2.61. The van der Waals surface area contributed by atoms with Crippen molar-refractivity contribution >= 4 is 17.6 Å². The van der Waals surface area contributed by atoms with Crippen molar-refractivity contribution in [2.75, 3.05) is 0 Å². The first-order chi connectivity index (χ1) is 7.78. The van der Waals surface area contributed by atoms with Crippen LogP contribution in [0.25, 0.3) is 0 Å². The number of halogens is 1. The highest BCUT2D eigenvalue weighted by atomic mass is 35.5. The molecule has 0 radical (unpaired) electrons. The summed E-state index contributed by atoms with van der Waals surface area (Å²) in [7, 11) is 0. The fourth-order valence-corrected chi connectivity index (χ4v) is 1.63. The third kappa shape index (κ3) is 5.09. The molecule has 1 atom stereocenters. The number of urea groups is 1. The van der Waals surface area contributed by atoms with E-state index in [1.165, 1.54) is 0 Å². The minimum absolute atomic E-state index is 0.0731. The predicted molar refractivity (Wildman–Crippen MR) is 71.3 cm³/mol. The average Bonchev–Trinajstić information content (AvgIpc) is 2.14. The zero-order valence-electron chi connectivity index (χ0n) is 10.7. The van der Waals surface area contributed by atoms with Crippen LogP contribution in [0.2, 0.25) is 5.02 Å². The largest absolute Gasteiger partial charge is 0.334 e. The van der Waals surface area contributed by atoms with Gasteiger partial charge in [-0.3, -0.25) is 0 Å². The van der Waals surface area contributed by atoms with Gasteiger partial charge in [0.1, 0.15) is 0 Å². The molecule has 0 aromatic heterocycles. The van der Waals surface area contributed by atoms with Crippen molar-refractivity contribution in [3.05, 3.63) is 34.9 Å². The monoisotopic (exact) mass is 254 g/mol. The Bertz CT molecular complexity index is 399. The van der Waals surface area contributed by atoms with Crippen LogP contribution >= 0.6 is 11.6 Å². The second-order valence-corrected chi connectivity index (χ2v) is 5.56. The summed E-state index contributed by atoms with van der Waals surface area (Å²) in [5, 5.41) is 6.40. The number of hydrogen-bond acceptors (Lipinski definition) is 1. The van der Waals surface area contributed by atoms with Crippen LogP contribution in [0.4, 0.5) is 4.79 Å². The van der Waals surface area contributed by atoms with Gasteiger partial charge in [0.05, 0.1) is 6.04 Å². The SMILES string of the molecule is CC(NC(=O)NC(C)(C)C)c1cccc(Cl)c1. The number of benzene rings is 1. The summed E-state index contributed by atoms with van der Waals surface area (Å²) in [6.07, 6.45) is 0. The van der Waals surface area contributed by atoms with Crippen LogP contribution < -0.4 is 10.6 Å². The minimum atomic E-state index is -0.238. The van der Waals surface area contributed by atoms with Crippen LogP contribution in [0.5, 0.6) is 0 Å². The minimum Gasteiger partial charge on any atom is -0.334 e. The fourth-order valence-electron chi connectivity index (χ4n) is 1.43. The highest BCUT2D eigenvalue weighted by Gasteiger charge is 2.15. The first kappa shape index (κ1) is 13.8. The van der Waals surface area contributed by atoms with Crippen molar-refractivity contribution in [2.24, 2.45) is 0 Å². The molecule has 94 valence electrons. The van der Waals surface area contributed by atoms with E-state index in [1.807, 2.05) is 52.0 Å². The van der Waals surface area contributed by atoms with Gasteiger partial charge in [0.15, 0.2) is 0 Å². The summed E-state index contributed by atoms with van der Waals surface area (Å²) in [5.74, 6) is 0. The molecule has 1 rings (SSSR count). The molecule has 0 heterocycles. The summed E-state index contributed by atoms with van der Waals surface area (Å²) in [4.78, 5) is 11.7. The first-order valence-corrected chi connectivity index (χ1v) is 6.00. The van der Waals surface area contributed by atoms with Gasteiger partial charge in [-0.05, 0) is 45.4 Å². The fraction of sp³-hybridized carbons (Fsp3) is 0.462. The molecule has 0 saturated carbocycles. The maximum atomic E-state index is 11.7. The Kier molecular flexibility index (Phi) is 4.40. The highest BCUT2D eigenvalue weighted by Crippen LogP contribution is 2.17. The van der Waals surface area contributed by atoms with E-state index in [2.05, 4.69) is 10.6 Å². The predicted octanol–water partition coefficient (Wildman–Crippen LogP) is 3.50. The van der Waals surface area contributed by atoms with Crippen LogP contribution in [0.15, 0.2) is 24.3 Å². The van der Waals surface area contributed by atoms with Gasteiger partial charge < -0.3 is 10.6 Å². The third-order valence-corrected chi connectivity index (χ3v) is 2.42. The van der Waals surface area contributed by atoms with Crippen molar-refractivity contribution in [3.63, 3.8) is 0 Å². The zero-order valence-corrected chi connectivity index (χ0v) is 11.4. The van der Waals surface area contributed by atoms with E-state index < -0.39 is 0 Å². The quantitative estimate of drug-likeness (QED) is 0.833. The van der Waals surface area contributed by atoms with Crippen LogP contribution in [0.3, 0.4) is 0 Å². The van der Waals surface area contributed by atoms with E-state index in [9.17, 15) is 4.79 Å². The van der Waals surface area contributed by atoms with Gasteiger partial charge in [0.25, 0.3) is 0 Å². The summed E-state index contributed by atoms with van der Waals surface area (Å²) >= 11 is 5.90. The van der Waals surface area contributed by atoms with Gasteiger partial charge >= 0.3 is 6.03 Å². The molecule has 0 bridgehead atoms. The molecule has 0 aliphatic carbocycles. The lowest BCUT2D eigenvalue weighted by Gasteiger charge is -2.23. The van der Waals surface area contributed by atoms with Crippen molar-refractivity contribution < 1.29 is 4.79 Å². The standard InChI is InChI=1S/C13H19ClN2O/c1-9(10-6-5-7-11(14)8-10)15-12(17)16-13(2,3)4/h5-9H,1-4H3,(H2,15,16,17). The van der Waals surface area contributed by atoms with E-state index in [1.54, 1.807) is 0 Å². The topological polar surface area (TPSA) is 41.1 Å². The lowest BCUT2D eigenvalue weighted by Crippen LogP contribution is -2.47. The second kappa shape index (κ2) is 5.41. The third-order valence-electron chi connectivity index (χ3n) is 2.18. The van der Waals surface area contributed by atoms with Crippen molar-refractivity contribution in [1.82, 2.24) is 10.6 Å². The number of rotatable bonds is 2. The second-order valence-electron chi connectivity index (χ2n) is 5.13. The summed E-state index contributed by atoms with van der Waals surface area (Å²) in [6, 6.07) is 7.23. The zero-order chi connectivity index (χ0) is 13.1. The molecule has 1 unspecified atom stereocenters.